The van der Waals surface area contributed by atoms with Crippen LogP contribution in [0.2, 0.25) is 0 Å². The van der Waals surface area contributed by atoms with E-state index in [-0.39, 0.29) is 0 Å². The van der Waals surface area contributed by atoms with Gasteiger partial charge < -0.3 is 9.88 Å². The highest BCUT2D eigenvalue weighted by Gasteiger charge is 2.20. The second-order valence-electron chi connectivity index (χ2n) is 5.93. The first-order valence-corrected chi connectivity index (χ1v) is 7.47. The maximum atomic E-state index is 4.40. The molecule has 1 heterocycles. The van der Waals surface area contributed by atoms with Crippen LogP contribution in [0.25, 0.3) is 0 Å². The van der Waals surface area contributed by atoms with Gasteiger partial charge in [-0.05, 0) is 38.5 Å². The molecule has 102 valence electrons. The van der Waals surface area contributed by atoms with Crippen molar-refractivity contribution in [3.63, 3.8) is 0 Å². The SMILES string of the molecule is CCC1CCC(CNc2nccn2C(C)C)CC1. The quantitative estimate of drug-likeness (QED) is 0.851. The molecule has 3 nitrogen and oxygen atoms in total. The predicted octanol–water partition coefficient (Wildman–Crippen LogP) is 4.09. The van der Waals surface area contributed by atoms with Crippen LogP contribution < -0.4 is 5.32 Å². The average molecular weight is 249 g/mol. The highest BCUT2D eigenvalue weighted by Crippen LogP contribution is 2.30. The largest absolute Gasteiger partial charge is 0.355 e. The molecule has 0 bridgehead atoms. The van der Waals surface area contributed by atoms with Gasteiger partial charge in [-0.3, -0.25) is 0 Å². The molecule has 1 aliphatic carbocycles. The summed E-state index contributed by atoms with van der Waals surface area (Å²) in [4.78, 5) is 4.40. The van der Waals surface area contributed by atoms with E-state index < -0.39 is 0 Å². The number of anilines is 1. The fourth-order valence-corrected chi connectivity index (χ4v) is 2.95. The summed E-state index contributed by atoms with van der Waals surface area (Å²) in [5.74, 6) is 2.85. The Morgan fingerprint density at radius 2 is 1.94 bits per heavy atom. The van der Waals surface area contributed by atoms with E-state index in [9.17, 15) is 0 Å². The van der Waals surface area contributed by atoms with Crippen LogP contribution in [-0.4, -0.2) is 16.1 Å². The summed E-state index contributed by atoms with van der Waals surface area (Å²) in [6.45, 7) is 7.79. The van der Waals surface area contributed by atoms with Gasteiger partial charge in [-0.2, -0.15) is 0 Å². The van der Waals surface area contributed by atoms with Crippen molar-refractivity contribution in [2.75, 3.05) is 11.9 Å². The molecule has 0 aliphatic heterocycles. The number of hydrogen-bond donors (Lipinski definition) is 1. The number of rotatable bonds is 5. The highest BCUT2D eigenvalue weighted by atomic mass is 15.2. The van der Waals surface area contributed by atoms with Crippen molar-refractivity contribution in [3.8, 4) is 0 Å². The van der Waals surface area contributed by atoms with Crippen LogP contribution in [0.1, 0.15) is 58.9 Å². The van der Waals surface area contributed by atoms with E-state index in [1.807, 2.05) is 6.20 Å². The normalized spacial score (nSPS) is 24.4. The monoisotopic (exact) mass is 249 g/mol. The second-order valence-corrected chi connectivity index (χ2v) is 5.93. The van der Waals surface area contributed by atoms with Gasteiger partial charge in [0, 0.05) is 25.0 Å². The summed E-state index contributed by atoms with van der Waals surface area (Å²) in [6.07, 6.45) is 10.9. The zero-order valence-corrected chi connectivity index (χ0v) is 12.0. The van der Waals surface area contributed by atoms with E-state index in [0.29, 0.717) is 6.04 Å². The average Bonchev–Trinajstić information content (AvgIpc) is 2.85. The van der Waals surface area contributed by atoms with E-state index in [1.165, 1.54) is 32.1 Å². The summed E-state index contributed by atoms with van der Waals surface area (Å²) in [5, 5.41) is 3.53. The third-order valence-corrected chi connectivity index (χ3v) is 4.32. The van der Waals surface area contributed by atoms with Crippen molar-refractivity contribution in [3.05, 3.63) is 12.4 Å². The van der Waals surface area contributed by atoms with Crippen molar-refractivity contribution in [2.45, 2.75) is 58.9 Å². The third-order valence-electron chi connectivity index (χ3n) is 4.32. The van der Waals surface area contributed by atoms with Gasteiger partial charge in [0.05, 0.1) is 0 Å². The van der Waals surface area contributed by atoms with Crippen molar-refractivity contribution < 1.29 is 0 Å². The number of hydrogen-bond acceptors (Lipinski definition) is 2. The second kappa shape index (κ2) is 6.26. The molecule has 0 amide bonds. The molecule has 2 rings (SSSR count). The Kier molecular flexibility index (Phi) is 4.67. The van der Waals surface area contributed by atoms with Crippen LogP contribution in [0.3, 0.4) is 0 Å². The van der Waals surface area contributed by atoms with Crippen molar-refractivity contribution >= 4 is 5.95 Å². The molecule has 1 fully saturated rings. The highest BCUT2D eigenvalue weighted by molar-refractivity contribution is 5.26. The lowest BCUT2D eigenvalue weighted by molar-refractivity contribution is 0.278. The van der Waals surface area contributed by atoms with Gasteiger partial charge in [-0.25, -0.2) is 4.98 Å². The van der Waals surface area contributed by atoms with Crippen LogP contribution in [0.15, 0.2) is 12.4 Å². The van der Waals surface area contributed by atoms with Gasteiger partial charge >= 0.3 is 0 Å². The molecule has 0 aromatic carbocycles. The van der Waals surface area contributed by atoms with E-state index in [0.717, 1.165) is 24.3 Å². The third kappa shape index (κ3) is 3.27. The summed E-state index contributed by atoms with van der Waals surface area (Å²) in [5.41, 5.74) is 0. The summed E-state index contributed by atoms with van der Waals surface area (Å²) < 4.78 is 2.21. The number of imidazole rings is 1. The smallest absolute Gasteiger partial charge is 0.203 e. The van der Waals surface area contributed by atoms with E-state index in [1.54, 1.807) is 0 Å². The van der Waals surface area contributed by atoms with Gasteiger partial charge in [-0.1, -0.05) is 26.2 Å². The van der Waals surface area contributed by atoms with Gasteiger partial charge in [0.1, 0.15) is 0 Å². The van der Waals surface area contributed by atoms with Crippen LogP contribution >= 0.6 is 0 Å². The lowest BCUT2D eigenvalue weighted by Crippen LogP contribution is -2.22. The van der Waals surface area contributed by atoms with Crippen LogP contribution in [-0.2, 0) is 0 Å². The minimum Gasteiger partial charge on any atom is -0.355 e. The predicted molar refractivity (Wildman–Crippen MR) is 76.8 cm³/mol. The standard InChI is InChI=1S/C15H27N3/c1-4-13-5-7-14(8-6-13)11-17-15-16-9-10-18(15)12(2)3/h9-10,12-14H,4-8,11H2,1-3H3,(H,16,17). The molecule has 0 radical (unpaired) electrons. The molecule has 0 spiro atoms. The Balaban J connectivity index is 1.80. The zero-order chi connectivity index (χ0) is 13.0. The molecular formula is C15H27N3. The first-order chi connectivity index (χ1) is 8.70. The topological polar surface area (TPSA) is 29.9 Å². The van der Waals surface area contributed by atoms with Gasteiger partial charge in [0.15, 0.2) is 0 Å². The molecule has 1 aliphatic rings. The lowest BCUT2D eigenvalue weighted by atomic mass is 9.81. The van der Waals surface area contributed by atoms with Gasteiger partial charge in [0.2, 0.25) is 5.95 Å². The molecule has 1 aromatic rings. The minimum absolute atomic E-state index is 0.478. The first kappa shape index (κ1) is 13.4. The van der Waals surface area contributed by atoms with E-state index in [4.69, 9.17) is 0 Å². The molecule has 0 saturated heterocycles. The van der Waals surface area contributed by atoms with Crippen LogP contribution in [0, 0.1) is 11.8 Å². The lowest BCUT2D eigenvalue weighted by Gasteiger charge is -2.28. The van der Waals surface area contributed by atoms with Gasteiger partial charge in [-0.15, -0.1) is 0 Å². The first-order valence-electron chi connectivity index (χ1n) is 7.47. The molecule has 3 heteroatoms. The number of nitrogens with one attached hydrogen (secondary N) is 1. The van der Waals surface area contributed by atoms with Gasteiger partial charge in [0.25, 0.3) is 0 Å². The summed E-state index contributed by atoms with van der Waals surface area (Å²) in [7, 11) is 0. The Morgan fingerprint density at radius 3 is 2.56 bits per heavy atom. The van der Waals surface area contributed by atoms with E-state index >= 15 is 0 Å². The Bertz CT molecular complexity index is 348. The number of nitrogens with zero attached hydrogens (tertiary/aromatic N) is 2. The summed E-state index contributed by atoms with van der Waals surface area (Å²) in [6, 6.07) is 0.478. The maximum Gasteiger partial charge on any atom is 0.203 e. The van der Waals surface area contributed by atoms with Crippen LogP contribution in [0.4, 0.5) is 5.95 Å². The molecule has 1 saturated carbocycles. The molecule has 0 atom stereocenters. The van der Waals surface area contributed by atoms with Crippen LogP contribution in [0.5, 0.6) is 0 Å². The molecular weight excluding hydrogens is 222 g/mol. The summed E-state index contributed by atoms with van der Waals surface area (Å²) >= 11 is 0. The molecule has 18 heavy (non-hydrogen) atoms. The zero-order valence-electron chi connectivity index (χ0n) is 12.0. The Hall–Kier alpha value is -0.990. The molecule has 1 N–H and O–H groups in total. The molecule has 1 aromatic heterocycles. The number of aromatic nitrogens is 2. The Morgan fingerprint density at radius 1 is 1.28 bits per heavy atom. The Labute approximate surface area is 111 Å². The van der Waals surface area contributed by atoms with Crippen molar-refractivity contribution in [1.29, 1.82) is 0 Å². The maximum absolute atomic E-state index is 4.40. The van der Waals surface area contributed by atoms with E-state index in [2.05, 4.69) is 41.8 Å². The fourth-order valence-electron chi connectivity index (χ4n) is 2.95. The fraction of sp³-hybridized carbons (Fsp3) is 0.800. The van der Waals surface area contributed by atoms with Crippen molar-refractivity contribution in [2.24, 2.45) is 11.8 Å². The van der Waals surface area contributed by atoms with Crippen molar-refractivity contribution in [1.82, 2.24) is 9.55 Å². The minimum atomic E-state index is 0.478. The molecule has 0 unspecified atom stereocenters.